The third-order valence-electron chi connectivity index (χ3n) is 6.67. The molecule has 0 unspecified atom stereocenters. The lowest BCUT2D eigenvalue weighted by Crippen LogP contribution is -2.38. The van der Waals surface area contributed by atoms with Gasteiger partial charge in [0.15, 0.2) is 5.13 Å². The number of hydrogen-bond acceptors (Lipinski definition) is 6. The number of likely N-dealkylation sites (tertiary alicyclic amines) is 1. The first-order valence-corrected chi connectivity index (χ1v) is 13.2. The standard InChI is InChI=1S/C28H28N6OS/c35-27(29-17-26-31-22-8-4-5-9-23(22)32-26)20-10-11-24-25(16-20)36-28(33-24)30-21-12-14-34(15-13-21)18-19-6-2-1-3-7-19/h1-11,16,21H,12-15,17-18H2,(H,29,35)(H,30,33)(H,31,32). The van der Waals surface area contributed by atoms with Crippen LogP contribution in [0.5, 0.6) is 0 Å². The average molecular weight is 497 g/mol. The number of nitrogens with one attached hydrogen (secondary N) is 3. The summed E-state index contributed by atoms with van der Waals surface area (Å²) in [5, 5.41) is 7.52. The van der Waals surface area contributed by atoms with Crippen LogP contribution in [0.2, 0.25) is 0 Å². The summed E-state index contributed by atoms with van der Waals surface area (Å²) in [5.41, 5.74) is 4.78. The van der Waals surface area contributed by atoms with Crippen molar-refractivity contribution in [1.29, 1.82) is 0 Å². The third kappa shape index (κ3) is 5.10. The fraction of sp³-hybridized carbons (Fsp3) is 0.250. The molecule has 0 aliphatic carbocycles. The molecular formula is C28H28N6OS. The molecule has 1 amide bonds. The Bertz CT molecular complexity index is 1450. The van der Waals surface area contributed by atoms with Gasteiger partial charge in [-0.3, -0.25) is 9.69 Å². The number of hydrogen-bond donors (Lipinski definition) is 3. The minimum absolute atomic E-state index is 0.119. The topological polar surface area (TPSA) is 85.9 Å². The van der Waals surface area contributed by atoms with Crippen molar-refractivity contribution >= 4 is 43.6 Å². The maximum atomic E-state index is 12.8. The second kappa shape index (κ2) is 10.1. The fourth-order valence-electron chi connectivity index (χ4n) is 4.73. The van der Waals surface area contributed by atoms with Crippen LogP contribution in [0, 0.1) is 0 Å². The van der Waals surface area contributed by atoms with Crippen LogP contribution in [0.3, 0.4) is 0 Å². The van der Waals surface area contributed by atoms with Gasteiger partial charge in [0.25, 0.3) is 5.91 Å². The number of para-hydroxylation sites is 2. The van der Waals surface area contributed by atoms with Crippen LogP contribution in [-0.2, 0) is 13.1 Å². The van der Waals surface area contributed by atoms with Crippen molar-refractivity contribution in [3.8, 4) is 0 Å². The number of imidazole rings is 1. The average Bonchev–Trinajstić information content (AvgIpc) is 3.51. The van der Waals surface area contributed by atoms with E-state index in [0.29, 0.717) is 18.2 Å². The summed E-state index contributed by atoms with van der Waals surface area (Å²) in [5.74, 6) is 0.621. The molecule has 0 atom stereocenters. The highest BCUT2D eigenvalue weighted by molar-refractivity contribution is 7.22. The Morgan fingerprint density at radius 2 is 1.78 bits per heavy atom. The van der Waals surface area contributed by atoms with Crippen molar-refractivity contribution in [2.24, 2.45) is 0 Å². The number of thiazole rings is 1. The van der Waals surface area contributed by atoms with Crippen molar-refractivity contribution in [1.82, 2.24) is 25.2 Å². The fourth-order valence-corrected chi connectivity index (χ4v) is 5.72. The molecule has 1 saturated heterocycles. The number of anilines is 1. The van der Waals surface area contributed by atoms with Crippen LogP contribution < -0.4 is 10.6 Å². The van der Waals surface area contributed by atoms with E-state index in [0.717, 1.165) is 64.7 Å². The van der Waals surface area contributed by atoms with Crippen LogP contribution in [0.25, 0.3) is 21.3 Å². The number of piperidine rings is 1. The van der Waals surface area contributed by atoms with E-state index in [9.17, 15) is 4.79 Å². The molecule has 1 fully saturated rings. The second-order valence-electron chi connectivity index (χ2n) is 9.27. The first-order valence-electron chi connectivity index (χ1n) is 12.3. The molecule has 5 aromatic rings. The zero-order valence-corrected chi connectivity index (χ0v) is 20.7. The van der Waals surface area contributed by atoms with Gasteiger partial charge in [-0.05, 0) is 48.7 Å². The zero-order chi connectivity index (χ0) is 24.3. The number of H-pyrrole nitrogens is 1. The highest BCUT2D eigenvalue weighted by atomic mass is 32.1. The van der Waals surface area contributed by atoms with E-state index in [1.807, 2.05) is 42.5 Å². The number of aromatic amines is 1. The van der Waals surface area contributed by atoms with E-state index in [2.05, 4.69) is 55.8 Å². The molecule has 1 aliphatic rings. The summed E-state index contributed by atoms with van der Waals surface area (Å²) in [4.78, 5) is 27.8. The van der Waals surface area contributed by atoms with Crippen molar-refractivity contribution in [3.05, 3.63) is 89.7 Å². The first-order chi connectivity index (χ1) is 17.7. The minimum Gasteiger partial charge on any atom is -0.359 e. The lowest BCUT2D eigenvalue weighted by atomic mass is 10.0. The molecule has 0 saturated carbocycles. The number of aromatic nitrogens is 3. The molecule has 182 valence electrons. The van der Waals surface area contributed by atoms with Gasteiger partial charge in [0, 0.05) is 31.2 Å². The van der Waals surface area contributed by atoms with E-state index in [1.54, 1.807) is 11.3 Å². The van der Waals surface area contributed by atoms with Crippen LogP contribution >= 0.6 is 11.3 Å². The van der Waals surface area contributed by atoms with Gasteiger partial charge in [-0.1, -0.05) is 53.8 Å². The Hall–Kier alpha value is -3.75. The monoisotopic (exact) mass is 496 g/mol. The number of benzene rings is 3. The van der Waals surface area contributed by atoms with Crippen molar-refractivity contribution in [2.45, 2.75) is 32.0 Å². The van der Waals surface area contributed by atoms with Gasteiger partial charge in [0.2, 0.25) is 0 Å². The van der Waals surface area contributed by atoms with E-state index in [4.69, 9.17) is 4.98 Å². The summed E-state index contributed by atoms with van der Waals surface area (Å²) in [7, 11) is 0. The molecule has 7 nitrogen and oxygen atoms in total. The van der Waals surface area contributed by atoms with Crippen LogP contribution in [0.1, 0.15) is 34.6 Å². The lowest BCUT2D eigenvalue weighted by Gasteiger charge is -2.32. The van der Waals surface area contributed by atoms with Crippen LogP contribution in [0.15, 0.2) is 72.8 Å². The Labute approximate surface area is 213 Å². The third-order valence-corrected chi connectivity index (χ3v) is 7.62. The second-order valence-corrected chi connectivity index (χ2v) is 10.3. The van der Waals surface area contributed by atoms with Crippen molar-refractivity contribution in [2.75, 3.05) is 18.4 Å². The smallest absolute Gasteiger partial charge is 0.251 e. The lowest BCUT2D eigenvalue weighted by molar-refractivity contribution is 0.0950. The zero-order valence-electron chi connectivity index (χ0n) is 19.9. The summed E-state index contributed by atoms with van der Waals surface area (Å²) < 4.78 is 1.01. The van der Waals surface area contributed by atoms with Gasteiger partial charge in [-0.2, -0.15) is 0 Å². The number of fused-ring (bicyclic) bond motifs is 2. The molecule has 0 radical (unpaired) electrons. The van der Waals surface area contributed by atoms with E-state index < -0.39 is 0 Å². The van der Waals surface area contributed by atoms with Gasteiger partial charge >= 0.3 is 0 Å². The number of amides is 1. The Balaban J connectivity index is 1.04. The molecule has 3 N–H and O–H groups in total. The summed E-state index contributed by atoms with van der Waals surface area (Å²) in [6, 6.07) is 24.6. The first kappa shape index (κ1) is 22.7. The largest absolute Gasteiger partial charge is 0.359 e. The van der Waals surface area contributed by atoms with Gasteiger partial charge in [-0.15, -0.1) is 0 Å². The van der Waals surface area contributed by atoms with Crippen LogP contribution in [-0.4, -0.2) is 44.9 Å². The summed E-state index contributed by atoms with van der Waals surface area (Å²) >= 11 is 1.61. The Morgan fingerprint density at radius 3 is 2.61 bits per heavy atom. The van der Waals surface area contributed by atoms with Gasteiger partial charge in [0.05, 0.1) is 27.8 Å². The minimum atomic E-state index is -0.119. The van der Waals surface area contributed by atoms with Crippen molar-refractivity contribution in [3.63, 3.8) is 0 Å². The molecular weight excluding hydrogens is 468 g/mol. The number of carbonyl (C=O) groups is 1. The maximum absolute atomic E-state index is 12.8. The number of nitrogens with zero attached hydrogens (tertiary/aromatic N) is 3. The van der Waals surface area contributed by atoms with E-state index in [-0.39, 0.29) is 5.91 Å². The predicted octanol–water partition coefficient (Wildman–Crippen LogP) is 5.18. The van der Waals surface area contributed by atoms with E-state index >= 15 is 0 Å². The van der Waals surface area contributed by atoms with Crippen molar-refractivity contribution < 1.29 is 4.79 Å². The Morgan fingerprint density at radius 1 is 0.972 bits per heavy atom. The summed E-state index contributed by atoms with van der Waals surface area (Å²) in [6.07, 6.45) is 2.19. The maximum Gasteiger partial charge on any atom is 0.251 e. The van der Waals surface area contributed by atoms with Crippen LogP contribution in [0.4, 0.5) is 5.13 Å². The van der Waals surface area contributed by atoms with E-state index in [1.165, 1.54) is 5.56 Å². The van der Waals surface area contributed by atoms with Gasteiger partial charge in [-0.25, -0.2) is 9.97 Å². The predicted molar refractivity (Wildman–Crippen MR) is 145 cm³/mol. The molecule has 1 aliphatic heterocycles. The van der Waals surface area contributed by atoms with Gasteiger partial charge < -0.3 is 15.6 Å². The molecule has 2 aromatic heterocycles. The molecule has 36 heavy (non-hydrogen) atoms. The molecule has 3 heterocycles. The highest BCUT2D eigenvalue weighted by Crippen LogP contribution is 2.29. The molecule has 0 bridgehead atoms. The van der Waals surface area contributed by atoms with Gasteiger partial charge in [0.1, 0.15) is 5.82 Å². The molecule has 0 spiro atoms. The quantitative estimate of drug-likeness (QED) is 0.289. The SMILES string of the molecule is O=C(NCc1nc2ccccc2[nH]1)c1ccc2nc(NC3CCN(Cc4ccccc4)CC3)sc2c1. The summed E-state index contributed by atoms with van der Waals surface area (Å²) in [6.45, 7) is 3.51. The molecule has 6 rings (SSSR count). The molecule has 3 aromatic carbocycles. The Kier molecular flexibility index (Phi) is 6.36. The normalized spacial score (nSPS) is 14.9. The molecule has 8 heteroatoms. The highest BCUT2D eigenvalue weighted by Gasteiger charge is 2.20. The number of carbonyl (C=O) groups excluding carboxylic acids is 1. The number of rotatable bonds is 7.